The minimum absolute atomic E-state index is 0.0499. The normalized spacial score (nSPS) is 15.3. The highest BCUT2D eigenvalue weighted by Crippen LogP contribution is 2.35. The van der Waals surface area contributed by atoms with Crippen LogP contribution in [0.2, 0.25) is 5.02 Å². The van der Waals surface area contributed by atoms with E-state index in [1.807, 2.05) is 91.0 Å². The summed E-state index contributed by atoms with van der Waals surface area (Å²) in [4.78, 5) is 15.0. The predicted molar refractivity (Wildman–Crippen MR) is 115 cm³/mol. The summed E-state index contributed by atoms with van der Waals surface area (Å²) in [5.74, 6) is -0.0499. The van der Waals surface area contributed by atoms with Gasteiger partial charge in [-0.05, 0) is 59.7 Å². The van der Waals surface area contributed by atoms with E-state index in [1.54, 1.807) is 4.90 Å². The Labute approximate surface area is 171 Å². The maximum atomic E-state index is 13.2. The Morgan fingerprint density at radius 3 is 2.19 bits per heavy atom. The van der Waals surface area contributed by atoms with Gasteiger partial charge in [0.25, 0.3) is 5.91 Å². The van der Waals surface area contributed by atoms with Crippen molar-refractivity contribution in [3.8, 4) is 0 Å². The molecule has 0 aromatic heterocycles. The molecule has 0 radical (unpaired) electrons. The molecule has 0 fully saturated rings. The zero-order valence-corrected chi connectivity index (χ0v) is 16.6. The van der Waals surface area contributed by atoms with E-state index in [4.69, 9.17) is 11.6 Å². The van der Waals surface area contributed by atoms with Crippen LogP contribution in [-0.2, 0) is 4.79 Å². The smallest absolute Gasteiger partial charge is 0.262 e. The summed E-state index contributed by atoms with van der Waals surface area (Å²) >= 11 is 9.42. The van der Waals surface area contributed by atoms with E-state index >= 15 is 0 Å². The van der Waals surface area contributed by atoms with Crippen LogP contribution >= 0.6 is 27.5 Å². The molecular weight excluding hydrogens is 422 g/mol. The van der Waals surface area contributed by atoms with Gasteiger partial charge >= 0.3 is 0 Å². The number of carbonyl (C=O) groups is 1. The average Bonchev–Trinajstić information content (AvgIpc) is 3.01. The maximum absolute atomic E-state index is 13.2. The number of hydrogen-bond acceptors (Lipinski definition) is 1. The molecule has 0 N–H and O–H groups in total. The van der Waals surface area contributed by atoms with E-state index in [2.05, 4.69) is 15.9 Å². The summed E-state index contributed by atoms with van der Waals surface area (Å²) < 4.78 is 0.972. The molecule has 0 atom stereocenters. The lowest BCUT2D eigenvalue weighted by molar-refractivity contribution is -0.113. The average molecular weight is 437 g/mol. The first-order valence-corrected chi connectivity index (χ1v) is 9.63. The van der Waals surface area contributed by atoms with E-state index < -0.39 is 0 Å². The summed E-state index contributed by atoms with van der Waals surface area (Å²) in [5, 5.41) is 0.673. The van der Waals surface area contributed by atoms with Crippen molar-refractivity contribution in [3.63, 3.8) is 0 Å². The Bertz CT molecular complexity index is 1040. The van der Waals surface area contributed by atoms with Crippen molar-refractivity contribution >= 4 is 50.9 Å². The number of nitrogens with zero attached hydrogens (tertiary/aromatic N) is 1. The van der Waals surface area contributed by atoms with Crippen LogP contribution in [0.4, 0.5) is 5.69 Å². The molecule has 0 unspecified atom stereocenters. The highest BCUT2D eigenvalue weighted by Gasteiger charge is 2.30. The SMILES string of the molecule is O=C1C(=Cc2ccc(Cl)cc2)C=C(c2ccccc2)N1c1ccc(Br)cc1. The van der Waals surface area contributed by atoms with Crippen molar-refractivity contribution in [2.75, 3.05) is 4.90 Å². The molecule has 0 saturated heterocycles. The van der Waals surface area contributed by atoms with E-state index in [0.717, 1.165) is 27.0 Å². The first kappa shape index (κ1) is 17.8. The van der Waals surface area contributed by atoms with Crippen molar-refractivity contribution in [1.29, 1.82) is 0 Å². The van der Waals surface area contributed by atoms with Gasteiger partial charge in [0.05, 0.1) is 5.70 Å². The van der Waals surface area contributed by atoms with Crippen LogP contribution in [0.5, 0.6) is 0 Å². The van der Waals surface area contributed by atoms with Crippen LogP contribution in [0, 0.1) is 0 Å². The van der Waals surface area contributed by atoms with Gasteiger partial charge in [-0.3, -0.25) is 9.69 Å². The summed E-state index contributed by atoms with van der Waals surface area (Å²) in [5.41, 5.74) is 4.26. The Kier molecular flexibility index (Phi) is 4.97. The molecule has 4 rings (SSSR count). The lowest BCUT2D eigenvalue weighted by Crippen LogP contribution is -2.24. The second-order valence-corrected chi connectivity index (χ2v) is 7.52. The zero-order chi connectivity index (χ0) is 18.8. The van der Waals surface area contributed by atoms with E-state index in [1.165, 1.54) is 0 Å². The number of halogens is 2. The Hall–Kier alpha value is -2.62. The molecule has 4 heteroatoms. The Morgan fingerprint density at radius 2 is 1.52 bits per heavy atom. The fourth-order valence-electron chi connectivity index (χ4n) is 3.02. The van der Waals surface area contributed by atoms with Crippen LogP contribution in [0.3, 0.4) is 0 Å². The fourth-order valence-corrected chi connectivity index (χ4v) is 3.41. The van der Waals surface area contributed by atoms with Gasteiger partial charge in [-0.1, -0.05) is 70.0 Å². The molecule has 1 heterocycles. The van der Waals surface area contributed by atoms with Gasteiger partial charge in [0.1, 0.15) is 0 Å². The van der Waals surface area contributed by atoms with Crippen molar-refractivity contribution < 1.29 is 4.79 Å². The summed E-state index contributed by atoms with van der Waals surface area (Å²) in [6, 6.07) is 25.1. The minimum atomic E-state index is -0.0499. The van der Waals surface area contributed by atoms with Gasteiger partial charge < -0.3 is 0 Å². The molecule has 132 valence electrons. The number of hydrogen-bond donors (Lipinski definition) is 0. The molecule has 0 spiro atoms. The molecule has 3 aromatic carbocycles. The van der Waals surface area contributed by atoms with Crippen molar-refractivity contribution in [2.45, 2.75) is 0 Å². The predicted octanol–water partition coefficient (Wildman–Crippen LogP) is 6.57. The number of anilines is 1. The number of carbonyl (C=O) groups excluding carboxylic acids is 1. The second kappa shape index (κ2) is 7.55. The third kappa shape index (κ3) is 3.75. The molecular formula is C23H15BrClNO. The molecule has 3 aromatic rings. The van der Waals surface area contributed by atoms with Crippen molar-refractivity contribution in [3.05, 3.63) is 111 Å². The van der Waals surface area contributed by atoms with Gasteiger partial charge in [-0.2, -0.15) is 0 Å². The molecule has 1 aliphatic heterocycles. The third-order valence-corrected chi connectivity index (χ3v) is 5.11. The zero-order valence-electron chi connectivity index (χ0n) is 14.3. The van der Waals surface area contributed by atoms with Gasteiger partial charge in [0.15, 0.2) is 0 Å². The van der Waals surface area contributed by atoms with Crippen LogP contribution in [0.25, 0.3) is 11.8 Å². The third-order valence-electron chi connectivity index (χ3n) is 4.33. The topological polar surface area (TPSA) is 20.3 Å². The first-order valence-electron chi connectivity index (χ1n) is 8.46. The fraction of sp³-hybridized carbons (Fsp3) is 0. The van der Waals surface area contributed by atoms with Crippen LogP contribution in [0.1, 0.15) is 11.1 Å². The standard InChI is InChI=1S/C23H15BrClNO/c24-19-8-12-21(13-9-19)26-22(17-4-2-1-3-5-17)15-18(23(26)27)14-16-6-10-20(25)11-7-16/h1-15H. The van der Waals surface area contributed by atoms with Crippen LogP contribution in [-0.4, -0.2) is 5.91 Å². The van der Waals surface area contributed by atoms with E-state index in [0.29, 0.717) is 10.6 Å². The molecule has 2 nitrogen and oxygen atoms in total. The van der Waals surface area contributed by atoms with E-state index in [9.17, 15) is 4.79 Å². The summed E-state index contributed by atoms with van der Waals surface area (Å²) in [7, 11) is 0. The quantitative estimate of drug-likeness (QED) is 0.425. The van der Waals surface area contributed by atoms with Gasteiger partial charge in [0, 0.05) is 20.8 Å². The van der Waals surface area contributed by atoms with Crippen molar-refractivity contribution in [1.82, 2.24) is 0 Å². The molecule has 1 aliphatic rings. The number of benzene rings is 3. The largest absolute Gasteiger partial charge is 0.276 e. The van der Waals surface area contributed by atoms with Crippen molar-refractivity contribution in [2.24, 2.45) is 0 Å². The van der Waals surface area contributed by atoms with Gasteiger partial charge in [0.2, 0.25) is 0 Å². The van der Waals surface area contributed by atoms with Gasteiger partial charge in [-0.25, -0.2) is 0 Å². The summed E-state index contributed by atoms with van der Waals surface area (Å²) in [6.45, 7) is 0. The molecule has 0 saturated carbocycles. The first-order chi connectivity index (χ1) is 13.1. The molecule has 27 heavy (non-hydrogen) atoms. The van der Waals surface area contributed by atoms with Crippen LogP contribution in [0.15, 0.2) is 95.0 Å². The van der Waals surface area contributed by atoms with Crippen LogP contribution < -0.4 is 4.90 Å². The molecule has 0 aliphatic carbocycles. The highest BCUT2D eigenvalue weighted by molar-refractivity contribution is 9.10. The second-order valence-electron chi connectivity index (χ2n) is 6.16. The van der Waals surface area contributed by atoms with Gasteiger partial charge in [-0.15, -0.1) is 0 Å². The number of amides is 1. The molecule has 1 amide bonds. The Morgan fingerprint density at radius 1 is 0.852 bits per heavy atom. The number of rotatable bonds is 3. The Balaban J connectivity index is 1.80. The molecule has 0 bridgehead atoms. The monoisotopic (exact) mass is 435 g/mol. The minimum Gasteiger partial charge on any atom is -0.276 e. The highest BCUT2D eigenvalue weighted by atomic mass is 79.9. The maximum Gasteiger partial charge on any atom is 0.262 e. The summed E-state index contributed by atoms with van der Waals surface area (Å²) in [6.07, 6.45) is 3.83. The van der Waals surface area contributed by atoms with E-state index in [-0.39, 0.29) is 5.91 Å². The lowest BCUT2D eigenvalue weighted by atomic mass is 10.1. The lowest BCUT2D eigenvalue weighted by Gasteiger charge is -2.21.